The molecule has 0 radical (unpaired) electrons. The van der Waals surface area contributed by atoms with Crippen LogP contribution < -0.4 is 10.9 Å². The third kappa shape index (κ3) is 3.73. The van der Waals surface area contributed by atoms with Gasteiger partial charge in [0.2, 0.25) is 5.91 Å². The van der Waals surface area contributed by atoms with Crippen molar-refractivity contribution in [2.24, 2.45) is 5.92 Å². The fraction of sp³-hybridized carbons (Fsp3) is 0.421. The first-order valence-electron chi connectivity index (χ1n) is 8.58. The van der Waals surface area contributed by atoms with Crippen LogP contribution >= 0.6 is 0 Å². The molecule has 132 valence electrons. The molecule has 2 aromatic rings. The SMILES string of the molecule is CC(C)NC(=O)[C@@H]1CCCN(C(=O)c2cc3ccccc3oc2=O)C1. The Morgan fingerprint density at radius 3 is 2.80 bits per heavy atom. The number of para-hydroxylation sites is 1. The second-order valence-electron chi connectivity index (χ2n) is 6.74. The van der Waals surface area contributed by atoms with E-state index in [4.69, 9.17) is 4.42 Å². The van der Waals surface area contributed by atoms with Crippen LogP contribution in [0.5, 0.6) is 0 Å². The molecule has 0 aliphatic carbocycles. The Bertz CT molecular complexity index is 856. The van der Waals surface area contributed by atoms with Crippen molar-refractivity contribution in [2.75, 3.05) is 13.1 Å². The largest absolute Gasteiger partial charge is 0.422 e. The summed E-state index contributed by atoms with van der Waals surface area (Å²) in [5.41, 5.74) is -0.169. The molecule has 1 N–H and O–H groups in total. The Morgan fingerprint density at radius 1 is 1.28 bits per heavy atom. The lowest BCUT2D eigenvalue weighted by molar-refractivity contribution is -0.126. The highest BCUT2D eigenvalue weighted by molar-refractivity contribution is 5.97. The summed E-state index contributed by atoms with van der Waals surface area (Å²) in [4.78, 5) is 38.8. The molecule has 1 saturated heterocycles. The number of carbonyl (C=O) groups is 2. The van der Waals surface area contributed by atoms with E-state index < -0.39 is 5.63 Å². The van der Waals surface area contributed by atoms with E-state index in [0.717, 1.165) is 12.8 Å². The van der Waals surface area contributed by atoms with E-state index in [9.17, 15) is 14.4 Å². The minimum absolute atomic E-state index is 0.0172. The molecule has 1 fully saturated rings. The zero-order valence-corrected chi connectivity index (χ0v) is 14.5. The minimum Gasteiger partial charge on any atom is -0.422 e. The second-order valence-corrected chi connectivity index (χ2v) is 6.74. The smallest absolute Gasteiger partial charge is 0.349 e. The predicted octanol–water partition coefficient (Wildman–Crippen LogP) is 2.17. The molecule has 0 spiro atoms. The van der Waals surface area contributed by atoms with Crippen LogP contribution in [0.15, 0.2) is 39.5 Å². The number of hydrogen-bond donors (Lipinski definition) is 1. The van der Waals surface area contributed by atoms with Crippen LogP contribution in [0.25, 0.3) is 11.0 Å². The molecule has 25 heavy (non-hydrogen) atoms. The third-order valence-corrected chi connectivity index (χ3v) is 4.38. The fourth-order valence-corrected chi connectivity index (χ4v) is 3.16. The maximum atomic E-state index is 12.8. The van der Waals surface area contributed by atoms with Gasteiger partial charge in [-0.3, -0.25) is 9.59 Å². The first kappa shape index (κ1) is 17.2. The van der Waals surface area contributed by atoms with Gasteiger partial charge in [-0.2, -0.15) is 0 Å². The zero-order valence-electron chi connectivity index (χ0n) is 14.5. The highest BCUT2D eigenvalue weighted by Crippen LogP contribution is 2.20. The zero-order chi connectivity index (χ0) is 18.0. The summed E-state index contributed by atoms with van der Waals surface area (Å²) in [6, 6.07) is 8.72. The maximum absolute atomic E-state index is 12.8. The van der Waals surface area contributed by atoms with E-state index in [0.29, 0.717) is 24.1 Å². The molecule has 0 saturated carbocycles. The number of piperidine rings is 1. The Kier molecular flexibility index (Phi) is 4.88. The summed E-state index contributed by atoms with van der Waals surface area (Å²) in [5.74, 6) is -0.660. The van der Waals surface area contributed by atoms with Crippen molar-refractivity contribution in [3.05, 3.63) is 46.3 Å². The van der Waals surface area contributed by atoms with E-state index >= 15 is 0 Å². The van der Waals surface area contributed by atoms with Gasteiger partial charge in [-0.15, -0.1) is 0 Å². The van der Waals surface area contributed by atoms with E-state index in [1.54, 1.807) is 29.2 Å². The first-order chi connectivity index (χ1) is 12.0. The monoisotopic (exact) mass is 342 g/mol. The summed E-state index contributed by atoms with van der Waals surface area (Å²) < 4.78 is 5.25. The van der Waals surface area contributed by atoms with Crippen molar-refractivity contribution >= 4 is 22.8 Å². The van der Waals surface area contributed by atoms with Crippen molar-refractivity contribution in [2.45, 2.75) is 32.7 Å². The van der Waals surface area contributed by atoms with Gasteiger partial charge in [0.05, 0.1) is 5.92 Å². The minimum atomic E-state index is -0.641. The first-order valence-corrected chi connectivity index (χ1v) is 8.58. The number of fused-ring (bicyclic) bond motifs is 1. The Morgan fingerprint density at radius 2 is 2.04 bits per heavy atom. The van der Waals surface area contributed by atoms with Crippen molar-refractivity contribution in [1.82, 2.24) is 10.2 Å². The van der Waals surface area contributed by atoms with Gasteiger partial charge in [-0.25, -0.2) is 4.79 Å². The molecule has 0 bridgehead atoms. The summed E-state index contributed by atoms with van der Waals surface area (Å²) in [7, 11) is 0. The standard InChI is InChI=1S/C19H22N2O4/c1-12(2)20-17(22)14-7-5-9-21(11-14)18(23)15-10-13-6-3-4-8-16(13)25-19(15)24/h3-4,6,8,10,12,14H,5,7,9,11H2,1-2H3,(H,20,22)/t14-/m1/s1. The van der Waals surface area contributed by atoms with E-state index in [1.807, 2.05) is 19.9 Å². The number of nitrogens with one attached hydrogen (secondary N) is 1. The molecule has 1 aromatic heterocycles. The van der Waals surface area contributed by atoms with Gasteiger partial charge < -0.3 is 14.6 Å². The molecule has 1 aliphatic heterocycles. The molecular formula is C19H22N2O4. The summed E-state index contributed by atoms with van der Waals surface area (Å²) in [5, 5.41) is 3.60. The number of nitrogens with zero attached hydrogens (tertiary/aromatic N) is 1. The van der Waals surface area contributed by atoms with Gasteiger partial charge in [-0.1, -0.05) is 18.2 Å². The predicted molar refractivity (Wildman–Crippen MR) is 94.4 cm³/mol. The molecule has 6 heteroatoms. The topological polar surface area (TPSA) is 79.6 Å². The number of amides is 2. The van der Waals surface area contributed by atoms with Crippen LogP contribution in [-0.2, 0) is 4.79 Å². The highest BCUT2D eigenvalue weighted by atomic mass is 16.4. The lowest BCUT2D eigenvalue weighted by atomic mass is 9.96. The van der Waals surface area contributed by atoms with E-state index in [2.05, 4.69) is 5.32 Å². The summed E-state index contributed by atoms with van der Waals surface area (Å²) in [6.07, 6.45) is 1.48. The van der Waals surface area contributed by atoms with Crippen LogP contribution in [-0.4, -0.2) is 35.8 Å². The van der Waals surface area contributed by atoms with Gasteiger partial charge >= 0.3 is 5.63 Å². The molecule has 3 rings (SSSR count). The molecule has 2 amide bonds. The van der Waals surface area contributed by atoms with E-state index in [-0.39, 0.29) is 29.3 Å². The Hall–Kier alpha value is -2.63. The quantitative estimate of drug-likeness (QED) is 0.867. The average Bonchev–Trinajstić information content (AvgIpc) is 2.60. The fourth-order valence-electron chi connectivity index (χ4n) is 3.16. The normalized spacial score (nSPS) is 17.7. The second kappa shape index (κ2) is 7.09. The van der Waals surface area contributed by atoms with Crippen molar-refractivity contribution in [3.8, 4) is 0 Å². The number of hydrogen-bond acceptors (Lipinski definition) is 4. The Balaban J connectivity index is 1.82. The van der Waals surface area contributed by atoms with Gasteiger partial charge in [0.15, 0.2) is 0 Å². The molecule has 2 heterocycles. The van der Waals surface area contributed by atoms with Crippen molar-refractivity contribution in [3.63, 3.8) is 0 Å². The third-order valence-electron chi connectivity index (χ3n) is 4.38. The lowest BCUT2D eigenvalue weighted by Gasteiger charge is -2.32. The van der Waals surface area contributed by atoms with Crippen LogP contribution in [0.4, 0.5) is 0 Å². The van der Waals surface area contributed by atoms with Gasteiger partial charge in [-0.05, 0) is 38.8 Å². The summed E-state index contributed by atoms with van der Waals surface area (Å²) >= 11 is 0. The highest BCUT2D eigenvalue weighted by Gasteiger charge is 2.30. The maximum Gasteiger partial charge on any atom is 0.349 e. The number of likely N-dealkylation sites (tertiary alicyclic amines) is 1. The van der Waals surface area contributed by atoms with Crippen LogP contribution in [0.1, 0.15) is 37.0 Å². The van der Waals surface area contributed by atoms with Crippen LogP contribution in [0.3, 0.4) is 0 Å². The van der Waals surface area contributed by atoms with Crippen molar-refractivity contribution in [1.29, 1.82) is 0 Å². The number of carbonyl (C=O) groups excluding carboxylic acids is 2. The number of benzene rings is 1. The molecule has 0 unspecified atom stereocenters. The molecule has 1 aliphatic rings. The molecule has 1 aromatic carbocycles. The molecule has 6 nitrogen and oxygen atoms in total. The van der Waals surface area contributed by atoms with Gasteiger partial charge in [0.1, 0.15) is 11.1 Å². The molecular weight excluding hydrogens is 320 g/mol. The van der Waals surface area contributed by atoms with Crippen molar-refractivity contribution < 1.29 is 14.0 Å². The Labute approximate surface area is 145 Å². The van der Waals surface area contributed by atoms with Crippen LogP contribution in [0, 0.1) is 5.92 Å². The summed E-state index contributed by atoms with van der Waals surface area (Å²) in [6.45, 7) is 4.67. The van der Waals surface area contributed by atoms with Gasteiger partial charge in [0.25, 0.3) is 5.91 Å². The number of rotatable bonds is 3. The van der Waals surface area contributed by atoms with E-state index in [1.165, 1.54) is 0 Å². The lowest BCUT2D eigenvalue weighted by Crippen LogP contribution is -2.47. The van der Waals surface area contributed by atoms with Gasteiger partial charge in [0, 0.05) is 24.5 Å². The van der Waals surface area contributed by atoms with Crippen LogP contribution in [0.2, 0.25) is 0 Å². The molecule has 1 atom stereocenters. The average molecular weight is 342 g/mol.